The molecule has 0 unspecified atom stereocenters. The topological polar surface area (TPSA) is 79.1 Å². The summed E-state index contributed by atoms with van der Waals surface area (Å²) in [5.41, 5.74) is 2.74. The first-order valence-electron chi connectivity index (χ1n) is 10.4. The number of aromatic nitrogens is 1. The summed E-state index contributed by atoms with van der Waals surface area (Å²) in [5, 5.41) is 3.91. The molecule has 1 atom stereocenters. The highest BCUT2D eigenvalue weighted by Crippen LogP contribution is 2.18. The van der Waals surface area contributed by atoms with Crippen molar-refractivity contribution in [3.05, 3.63) is 47.3 Å². The van der Waals surface area contributed by atoms with E-state index in [1.807, 2.05) is 36.9 Å². The molecule has 2 aromatic rings. The van der Waals surface area contributed by atoms with Crippen LogP contribution in [0.4, 0.5) is 5.69 Å². The molecular formula is C22H28N4O4. The van der Waals surface area contributed by atoms with Crippen molar-refractivity contribution in [2.24, 2.45) is 0 Å². The van der Waals surface area contributed by atoms with Gasteiger partial charge in [-0.1, -0.05) is 23.4 Å². The molecule has 0 saturated carbocycles. The van der Waals surface area contributed by atoms with Crippen molar-refractivity contribution >= 4 is 17.5 Å². The second kappa shape index (κ2) is 8.87. The molecule has 1 aromatic heterocycles. The van der Waals surface area contributed by atoms with Gasteiger partial charge in [0.15, 0.2) is 6.10 Å². The highest BCUT2D eigenvalue weighted by Gasteiger charge is 2.34. The van der Waals surface area contributed by atoms with Crippen molar-refractivity contribution in [3.8, 4) is 0 Å². The average Bonchev–Trinajstić information content (AvgIpc) is 3.11. The summed E-state index contributed by atoms with van der Waals surface area (Å²) in [5.74, 6) is 0.606. The summed E-state index contributed by atoms with van der Waals surface area (Å²) >= 11 is 0. The van der Waals surface area contributed by atoms with Gasteiger partial charge in [0.1, 0.15) is 5.76 Å². The minimum absolute atomic E-state index is 0.0283. The van der Waals surface area contributed by atoms with Crippen molar-refractivity contribution in [2.45, 2.75) is 26.4 Å². The molecule has 0 aliphatic carbocycles. The molecule has 0 spiro atoms. The molecular weight excluding hydrogens is 384 g/mol. The number of ether oxygens (including phenoxy) is 1. The van der Waals surface area contributed by atoms with Crippen LogP contribution in [0.2, 0.25) is 0 Å². The number of benzene rings is 1. The van der Waals surface area contributed by atoms with Gasteiger partial charge < -0.3 is 24.0 Å². The summed E-state index contributed by atoms with van der Waals surface area (Å²) in [6.45, 7) is 7.68. The number of nitrogens with zero attached hydrogens (tertiary/aromatic N) is 4. The quantitative estimate of drug-likeness (QED) is 0.756. The fraction of sp³-hybridized carbons (Fsp3) is 0.500. The van der Waals surface area contributed by atoms with Gasteiger partial charge in [0.2, 0.25) is 5.91 Å². The van der Waals surface area contributed by atoms with Crippen molar-refractivity contribution in [2.75, 3.05) is 50.8 Å². The lowest BCUT2D eigenvalue weighted by molar-refractivity contribution is -0.154. The predicted molar refractivity (Wildman–Crippen MR) is 111 cm³/mol. The number of anilines is 1. The maximum Gasteiger partial charge on any atom is 0.253 e. The van der Waals surface area contributed by atoms with Gasteiger partial charge in [0.25, 0.3) is 5.91 Å². The van der Waals surface area contributed by atoms with Gasteiger partial charge in [0, 0.05) is 44.0 Å². The molecule has 3 heterocycles. The van der Waals surface area contributed by atoms with E-state index in [1.54, 1.807) is 4.90 Å². The fourth-order valence-electron chi connectivity index (χ4n) is 4.07. The number of aryl methyl sites for hydroxylation is 2. The Kier molecular flexibility index (Phi) is 6.03. The molecule has 2 saturated heterocycles. The number of carbonyl (C=O) groups is 2. The number of amides is 2. The van der Waals surface area contributed by atoms with Crippen LogP contribution in [0, 0.1) is 13.8 Å². The van der Waals surface area contributed by atoms with Gasteiger partial charge in [0.05, 0.1) is 25.3 Å². The number of para-hydroxylation sites is 1. The molecule has 30 heavy (non-hydrogen) atoms. The van der Waals surface area contributed by atoms with Crippen LogP contribution >= 0.6 is 0 Å². The summed E-state index contributed by atoms with van der Waals surface area (Å²) < 4.78 is 10.9. The third kappa shape index (κ3) is 4.33. The van der Waals surface area contributed by atoms with Gasteiger partial charge in [-0.2, -0.15) is 0 Å². The number of rotatable bonds is 4. The summed E-state index contributed by atoms with van der Waals surface area (Å²) in [6, 6.07) is 10.2. The number of hydrogen-bond acceptors (Lipinski definition) is 6. The van der Waals surface area contributed by atoms with E-state index in [9.17, 15) is 9.59 Å². The van der Waals surface area contributed by atoms with E-state index in [0.717, 1.165) is 24.3 Å². The highest BCUT2D eigenvalue weighted by atomic mass is 16.5. The molecule has 1 aromatic carbocycles. The minimum atomic E-state index is -0.601. The molecule has 2 amide bonds. The van der Waals surface area contributed by atoms with E-state index in [2.05, 4.69) is 22.2 Å². The van der Waals surface area contributed by atoms with Crippen molar-refractivity contribution in [1.82, 2.24) is 15.0 Å². The van der Waals surface area contributed by atoms with Crippen LogP contribution in [-0.4, -0.2) is 78.8 Å². The van der Waals surface area contributed by atoms with Gasteiger partial charge in [-0.05, 0) is 26.0 Å². The Labute approximate surface area is 176 Å². The second-order valence-electron chi connectivity index (χ2n) is 7.83. The molecule has 0 radical (unpaired) electrons. The lowest BCUT2D eigenvalue weighted by atomic mass is 10.1. The summed E-state index contributed by atoms with van der Waals surface area (Å²) in [6.07, 6.45) is -0.367. The zero-order valence-electron chi connectivity index (χ0n) is 17.5. The lowest BCUT2D eigenvalue weighted by Gasteiger charge is -2.39. The number of piperazine rings is 1. The van der Waals surface area contributed by atoms with E-state index in [4.69, 9.17) is 9.26 Å². The third-order valence-electron chi connectivity index (χ3n) is 5.92. The van der Waals surface area contributed by atoms with E-state index < -0.39 is 6.10 Å². The van der Waals surface area contributed by atoms with Crippen molar-refractivity contribution in [3.63, 3.8) is 0 Å². The smallest absolute Gasteiger partial charge is 0.253 e. The maximum absolute atomic E-state index is 13.0. The van der Waals surface area contributed by atoms with E-state index in [-0.39, 0.29) is 18.2 Å². The van der Waals surface area contributed by atoms with Gasteiger partial charge in [-0.3, -0.25) is 9.59 Å². The Morgan fingerprint density at radius 2 is 1.77 bits per heavy atom. The van der Waals surface area contributed by atoms with Crippen LogP contribution in [0.1, 0.15) is 17.0 Å². The van der Waals surface area contributed by atoms with Crippen LogP contribution in [0.3, 0.4) is 0 Å². The first-order chi connectivity index (χ1) is 14.5. The summed E-state index contributed by atoms with van der Waals surface area (Å²) in [4.78, 5) is 31.6. The van der Waals surface area contributed by atoms with E-state index >= 15 is 0 Å². The van der Waals surface area contributed by atoms with Crippen LogP contribution in [0.25, 0.3) is 0 Å². The first kappa shape index (κ1) is 20.4. The minimum Gasteiger partial charge on any atom is -0.368 e. The monoisotopic (exact) mass is 412 g/mol. The average molecular weight is 412 g/mol. The lowest BCUT2D eigenvalue weighted by Crippen LogP contribution is -2.56. The van der Waals surface area contributed by atoms with Gasteiger partial charge in [-0.25, -0.2) is 0 Å². The van der Waals surface area contributed by atoms with Gasteiger partial charge in [-0.15, -0.1) is 0 Å². The van der Waals surface area contributed by atoms with E-state index in [1.165, 1.54) is 5.69 Å². The third-order valence-corrected chi connectivity index (χ3v) is 5.92. The molecule has 2 aliphatic rings. The van der Waals surface area contributed by atoms with Crippen molar-refractivity contribution < 1.29 is 18.8 Å². The molecule has 4 rings (SSSR count). The molecule has 2 fully saturated rings. The Hall–Kier alpha value is -2.87. The first-order valence-corrected chi connectivity index (χ1v) is 10.4. The normalized spacial score (nSPS) is 19.8. The van der Waals surface area contributed by atoms with Crippen LogP contribution in [0.5, 0.6) is 0 Å². The fourth-order valence-corrected chi connectivity index (χ4v) is 4.07. The molecule has 8 nitrogen and oxygen atoms in total. The molecule has 2 aliphatic heterocycles. The molecule has 0 N–H and O–H groups in total. The highest BCUT2D eigenvalue weighted by molar-refractivity contribution is 5.84. The number of carbonyl (C=O) groups excluding carboxylic acids is 2. The second-order valence-corrected chi connectivity index (χ2v) is 7.83. The largest absolute Gasteiger partial charge is 0.368 e. The van der Waals surface area contributed by atoms with Gasteiger partial charge >= 0.3 is 0 Å². The standard InChI is InChI=1S/C22H28N4O4/c1-16-19(17(2)30-23-16)14-21(27)26-12-13-29-20(15-26)22(28)25-10-8-24(9-11-25)18-6-4-3-5-7-18/h3-7,20H,8-15H2,1-2H3/t20-/m1/s1. The molecule has 160 valence electrons. The molecule has 0 bridgehead atoms. The number of morpholine rings is 1. The number of hydrogen-bond donors (Lipinski definition) is 0. The Morgan fingerprint density at radius 3 is 2.43 bits per heavy atom. The predicted octanol–water partition coefficient (Wildman–Crippen LogP) is 1.41. The molecule has 8 heteroatoms. The maximum atomic E-state index is 13.0. The zero-order valence-corrected chi connectivity index (χ0v) is 17.5. The zero-order chi connectivity index (χ0) is 21.1. The van der Waals surface area contributed by atoms with E-state index in [0.29, 0.717) is 38.5 Å². The SMILES string of the molecule is Cc1noc(C)c1CC(=O)N1CCO[C@@H](C(=O)N2CCN(c3ccccc3)CC2)C1. The Bertz CT molecular complexity index is 870. The Balaban J connectivity index is 1.32. The van der Waals surface area contributed by atoms with Crippen molar-refractivity contribution in [1.29, 1.82) is 0 Å². The van der Waals surface area contributed by atoms with Crippen LogP contribution < -0.4 is 4.90 Å². The van der Waals surface area contributed by atoms with Crippen LogP contribution in [0.15, 0.2) is 34.9 Å². The Morgan fingerprint density at radius 1 is 1.03 bits per heavy atom. The summed E-state index contributed by atoms with van der Waals surface area (Å²) in [7, 11) is 0. The van der Waals surface area contributed by atoms with Crippen LogP contribution in [-0.2, 0) is 20.7 Å².